The normalized spacial score (nSPS) is 17.7. The average molecular weight is 310 g/mol. The molecule has 4 nitrogen and oxygen atoms in total. The fourth-order valence-electron chi connectivity index (χ4n) is 2.68. The summed E-state index contributed by atoms with van der Waals surface area (Å²) in [6, 6.07) is 18.6. The molecule has 0 bridgehead atoms. The van der Waals surface area contributed by atoms with Gasteiger partial charge in [-0.25, -0.2) is 0 Å². The minimum Gasteiger partial charge on any atom is -0.378 e. The van der Waals surface area contributed by atoms with Crippen LogP contribution in [0.1, 0.15) is 5.56 Å². The van der Waals surface area contributed by atoms with Crippen molar-refractivity contribution < 1.29 is 9.53 Å². The van der Waals surface area contributed by atoms with E-state index < -0.39 is 0 Å². The van der Waals surface area contributed by atoms with Crippen LogP contribution in [0.3, 0.4) is 0 Å². The van der Waals surface area contributed by atoms with Crippen molar-refractivity contribution in [1.82, 2.24) is 10.6 Å². The van der Waals surface area contributed by atoms with E-state index in [4.69, 9.17) is 4.74 Å². The van der Waals surface area contributed by atoms with Gasteiger partial charge in [0, 0.05) is 13.1 Å². The highest BCUT2D eigenvalue weighted by Crippen LogP contribution is 2.19. The first-order chi connectivity index (χ1) is 11.3. The van der Waals surface area contributed by atoms with Gasteiger partial charge in [-0.05, 0) is 23.1 Å². The molecule has 2 aromatic rings. The molecule has 4 heteroatoms. The topological polar surface area (TPSA) is 50.4 Å². The SMILES string of the molecule is O=C(NCCc1ccc(-c2ccccc2)cc1)[C@H]1COCCN1. The lowest BCUT2D eigenvalue weighted by Gasteiger charge is -2.22. The molecular formula is C19H22N2O2. The molecule has 1 aliphatic rings. The molecule has 1 amide bonds. The number of hydrogen-bond acceptors (Lipinski definition) is 3. The number of amides is 1. The molecule has 1 heterocycles. The van der Waals surface area contributed by atoms with Gasteiger partial charge in [-0.3, -0.25) is 4.79 Å². The number of morpholine rings is 1. The molecule has 1 saturated heterocycles. The van der Waals surface area contributed by atoms with Crippen LogP contribution < -0.4 is 10.6 Å². The van der Waals surface area contributed by atoms with Gasteiger partial charge in [-0.2, -0.15) is 0 Å². The van der Waals surface area contributed by atoms with Crippen LogP contribution in [0, 0.1) is 0 Å². The van der Waals surface area contributed by atoms with Crippen molar-refractivity contribution in [1.29, 1.82) is 0 Å². The number of nitrogens with one attached hydrogen (secondary N) is 2. The molecular weight excluding hydrogens is 288 g/mol. The zero-order valence-corrected chi connectivity index (χ0v) is 13.1. The second kappa shape index (κ2) is 7.90. The predicted octanol–water partition coefficient (Wildman–Crippen LogP) is 2.00. The minimum absolute atomic E-state index is 0.0191. The third-order valence-corrected chi connectivity index (χ3v) is 4.01. The maximum Gasteiger partial charge on any atom is 0.239 e. The van der Waals surface area contributed by atoms with Crippen molar-refractivity contribution in [3.05, 3.63) is 60.2 Å². The van der Waals surface area contributed by atoms with Gasteiger partial charge in [-0.15, -0.1) is 0 Å². The molecule has 1 aliphatic heterocycles. The van der Waals surface area contributed by atoms with Gasteiger partial charge in [-0.1, -0.05) is 54.6 Å². The van der Waals surface area contributed by atoms with Crippen LogP contribution in [0.4, 0.5) is 0 Å². The number of ether oxygens (including phenoxy) is 1. The summed E-state index contributed by atoms with van der Waals surface area (Å²) < 4.78 is 5.30. The van der Waals surface area contributed by atoms with Crippen LogP contribution in [0.15, 0.2) is 54.6 Å². The summed E-state index contributed by atoms with van der Waals surface area (Å²) in [6.07, 6.45) is 0.828. The fourth-order valence-corrected chi connectivity index (χ4v) is 2.68. The van der Waals surface area contributed by atoms with Crippen LogP contribution in [-0.2, 0) is 16.0 Å². The summed E-state index contributed by atoms with van der Waals surface area (Å²) in [5.41, 5.74) is 3.65. The van der Waals surface area contributed by atoms with Gasteiger partial charge in [0.05, 0.1) is 13.2 Å². The van der Waals surface area contributed by atoms with Crippen LogP contribution in [0.5, 0.6) is 0 Å². The Labute approximate surface area is 136 Å². The first kappa shape index (κ1) is 15.7. The molecule has 0 aromatic heterocycles. The second-order valence-corrected chi connectivity index (χ2v) is 5.69. The molecule has 1 fully saturated rings. The highest BCUT2D eigenvalue weighted by Gasteiger charge is 2.20. The Morgan fingerprint density at radius 2 is 1.83 bits per heavy atom. The molecule has 120 valence electrons. The van der Waals surface area contributed by atoms with Gasteiger partial charge in [0.2, 0.25) is 5.91 Å². The maximum atomic E-state index is 12.0. The minimum atomic E-state index is -0.218. The standard InChI is InChI=1S/C19H22N2O2/c22-19(18-14-23-13-12-20-18)21-11-10-15-6-8-17(9-7-15)16-4-2-1-3-5-16/h1-9,18,20H,10-14H2,(H,21,22)/t18-/m1/s1. The third-order valence-electron chi connectivity index (χ3n) is 4.01. The number of rotatable bonds is 5. The first-order valence-corrected chi connectivity index (χ1v) is 8.06. The molecule has 3 rings (SSSR count). The number of carbonyl (C=O) groups is 1. The summed E-state index contributed by atoms with van der Waals surface area (Å²) in [7, 11) is 0. The number of benzene rings is 2. The Morgan fingerprint density at radius 1 is 1.09 bits per heavy atom. The molecule has 2 N–H and O–H groups in total. The van der Waals surface area contributed by atoms with E-state index in [0.717, 1.165) is 13.0 Å². The molecule has 1 atom stereocenters. The highest BCUT2D eigenvalue weighted by molar-refractivity contribution is 5.82. The predicted molar refractivity (Wildman–Crippen MR) is 91.2 cm³/mol. The van der Waals surface area contributed by atoms with E-state index in [-0.39, 0.29) is 11.9 Å². The summed E-state index contributed by atoms with van der Waals surface area (Å²) >= 11 is 0. The van der Waals surface area contributed by atoms with E-state index >= 15 is 0 Å². The Balaban J connectivity index is 1.48. The lowest BCUT2D eigenvalue weighted by Crippen LogP contribution is -2.51. The van der Waals surface area contributed by atoms with Gasteiger partial charge in [0.15, 0.2) is 0 Å². The van der Waals surface area contributed by atoms with Crippen molar-refractivity contribution in [2.75, 3.05) is 26.3 Å². The molecule has 2 aromatic carbocycles. The summed E-state index contributed by atoms with van der Waals surface area (Å²) in [5.74, 6) is 0.0191. The van der Waals surface area contributed by atoms with Crippen LogP contribution >= 0.6 is 0 Å². The molecule has 23 heavy (non-hydrogen) atoms. The largest absolute Gasteiger partial charge is 0.378 e. The Morgan fingerprint density at radius 3 is 2.52 bits per heavy atom. The molecule has 0 unspecified atom stereocenters. The Bertz CT molecular complexity index is 620. The van der Waals surface area contributed by atoms with Gasteiger partial charge in [0.25, 0.3) is 0 Å². The number of carbonyl (C=O) groups excluding carboxylic acids is 1. The Kier molecular flexibility index (Phi) is 5.40. The fraction of sp³-hybridized carbons (Fsp3) is 0.316. The lowest BCUT2D eigenvalue weighted by atomic mass is 10.0. The monoisotopic (exact) mass is 310 g/mol. The summed E-state index contributed by atoms with van der Waals surface area (Å²) in [5, 5.41) is 6.12. The van der Waals surface area contributed by atoms with Gasteiger partial charge >= 0.3 is 0 Å². The molecule has 0 radical (unpaired) electrons. The van der Waals surface area contributed by atoms with E-state index in [0.29, 0.717) is 19.8 Å². The third kappa shape index (κ3) is 4.41. The zero-order chi connectivity index (χ0) is 15.9. The smallest absolute Gasteiger partial charge is 0.239 e. The summed E-state index contributed by atoms with van der Waals surface area (Å²) in [4.78, 5) is 12.0. The van der Waals surface area contributed by atoms with Crippen molar-refractivity contribution in [3.8, 4) is 11.1 Å². The van der Waals surface area contributed by atoms with Crippen molar-refractivity contribution >= 4 is 5.91 Å². The lowest BCUT2D eigenvalue weighted by molar-refractivity contribution is -0.125. The second-order valence-electron chi connectivity index (χ2n) is 5.69. The molecule has 0 aliphatic carbocycles. The van der Waals surface area contributed by atoms with E-state index in [1.54, 1.807) is 0 Å². The van der Waals surface area contributed by atoms with E-state index in [1.807, 2.05) is 18.2 Å². The number of hydrogen-bond donors (Lipinski definition) is 2. The van der Waals surface area contributed by atoms with Crippen LogP contribution in [0.25, 0.3) is 11.1 Å². The van der Waals surface area contributed by atoms with Crippen molar-refractivity contribution in [3.63, 3.8) is 0 Å². The quantitative estimate of drug-likeness (QED) is 0.888. The van der Waals surface area contributed by atoms with Crippen LogP contribution in [-0.4, -0.2) is 38.3 Å². The van der Waals surface area contributed by atoms with Crippen molar-refractivity contribution in [2.24, 2.45) is 0 Å². The molecule has 0 spiro atoms. The van der Waals surface area contributed by atoms with Crippen LogP contribution in [0.2, 0.25) is 0 Å². The van der Waals surface area contributed by atoms with E-state index in [1.165, 1.54) is 16.7 Å². The average Bonchev–Trinajstić information content (AvgIpc) is 2.64. The first-order valence-electron chi connectivity index (χ1n) is 8.06. The molecule has 0 saturated carbocycles. The summed E-state index contributed by atoms with van der Waals surface area (Å²) in [6.45, 7) is 2.51. The van der Waals surface area contributed by atoms with Crippen molar-refractivity contribution in [2.45, 2.75) is 12.5 Å². The highest BCUT2D eigenvalue weighted by atomic mass is 16.5. The zero-order valence-electron chi connectivity index (χ0n) is 13.1. The van der Waals surface area contributed by atoms with Gasteiger partial charge in [0.1, 0.15) is 6.04 Å². The van der Waals surface area contributed by atoms with E-state index in [2.05, 4.69) is 47.0 Å². The maximum absolute atomic E-state index is 12.0. The van der Waals surface area contributed by atoms with Gasteiger partial charge < -0.3 is 15.4 Å². The Hall–Kier alpha value is -2.17. The van der Waals surface area contributed by atoms with E-state index in [9.17, 15) is 4.79 Å².